The molecule has 2 unspecified atom stereocenters. The number of hydrogen-bond acceptors (Lipinski definition) is 7. The Balaban J connectivity index is 1.56. The van der Waals surface area contributed by atoms with Crippen LogP contribution in [0.15, 0.2) is 121 Å². The van der Waals surface area contributed by atoms with Crippen molar-refractivity contribution in [3.8, 4) is 0 Å². The molecule has 6 nitrogen and oxygen atoms in total. The first-order valence-corrected chi connectivity index (χ1v) is 20.6. The first-order valence-electron chi connectivity index (χ1n) is 17.4. The predicted molar refractivity (Wildman–Crippen MR) is 205 cm³/mol. The van der Waals surface area contributed by atoms with Crippen LogP contribution in [0.5, 0.6) is 0 Å². The molecule has 1 heterocycles. The average molecular weight is 713 g/mol. The fourth-order valence-electron chi connectivity index (χ4n) is 6.52. The van der Waals surface area contributed by atoms with E-state index in [1.807, 2.05) is 99.8 Å². The van der Waals surface area contributed by atoms with Gasteiger partial charge in [-0.25, -0.2) is 0 Å². The zero-order chi connectivity index (χ0) is 35.8. The molecule has 1 saturated heterocycles. The molecule has 0 N–H and O–H groups in total. The van der Waals surface area contributed by atoms with Gasteiger partial charge in [-0.05, 0) is 53.6 Å². The van der Waals surface area contributed by atoms with E-state index < -0.39 is 43.6 Å². The fourth-order valence-corrected chi connectivity index (χ4v) is 11.8. The summed E-state index contributed by atoms with van der Waals surface area (Å²) in [6, 6.07) is 41.3. The van der Waals surface area contributed by atoms with Crippen LogP contribution >= 0.6 is 11.8 Å². The number of carbonyl (C=O) groups is 1. The van der Waals surface area contributed by atoms with Gasteiger partial charge in [-0.2, -0.15) is 0 Å². The Kier molecular flexibility index (Phi) is 12.8. The van der Waals surface area contributed by atoms with Gasteiger partial charge in [-0.15, -0.1) is 11.8 Å². The first-order chi connectivity index (χ1) is 23.9. The maximum absolute atomic E-state index is 13.5. The first kappa shape index (κ1) is 38.0. The van der Waals surface area contributed by atoms with Gasteiger partial charge in [-0.1, -0.05) is 142 Å². The van der Waals surface area contributed by atoms with E-state index in [4.69, 9.17) is 23.4 Å². The van der Waals surface area contributed by atoms with Crippen LogP contribution in [0.2, 0.25) is 5.04 Å². The molecule has 266 valence electrons. The molecule has 1 aliphatic rings. The maximum Gasteiger partial charge on any atom is 0.311 e. The topological polar surface area (TPSA) is 63.2 Å². The molecule has 8 heteroatoms. The summed E-state index contributed by atoms with van der Waals surface area (Å²) in [6.07, 6.45) is -0.516. The monoisotopic (exact) mass is 712 g/mol. The van der Waals surface area contributed by atoms with Crippen molar-refractivity contribution in [1.29, 1.82) is 0 Å². The predicted octanol–water partition coefficient (Wildman–Crippen LogP) is 7.78. The number of hydrogen-bond donors (Lipinski definition) is 0. The van der Waals surface area contributed by atoms with Crippen molar-refractivity contribution in [2.75, 3.05) is 12.9 Å². The van der Waals surface area contributed by atoms with Gasteiger partial charge in [0.2, 0.25) is 0 Å². The van der Waals surface area contributed by atoms with Crippen LogP contribution in [-0.4, -0.2) is 57.0 Å². The molecule has 0 aliphatic carbocycles. The molecule has 0 radical (unpaired) electrons. The van der Waals surface area contributed by atoms with E-state index in [-0.39, 0.29) is 17.6 Å². The van der Waals surface area contributed by atoms with Crippen LogP contribution in [0.3, 0.4) is 0 Å². The summed E-state index contributed by atoms with van der Waals surface area (Å²) in [7, 11) is -2.91. The van der Waals surface area contributed by atoms with Crippen molar-refractivity contribution >= 4 is 36.4 Å². The molecule has 0 spiro atoms. The van der Waals surface area contributed by atoms with Crippen molar-refractivity contribution in [1.82, 2.24) is 0 Å². The maximum atomic E-state index is 13.5. The minimum absolute atomic E-state index is 0.225. The van der Waals surface area contributed by atoms with Crippen LogP contribution in [0.25, 0.3) is 0 Å². The van der Waals surface area contributed by atoms with E-state index in [2.05, 4.69) is 69.3 Å². The largest absolute Gasteiger partial charge is 0.455 e. The minimum Gasteiger partial charge on any atom is -0.455 e. The summed E-state index contributed by atoms with van der Waals surface area (Å²) in [6.45, 7) is 13.3. The summed E-state index contributed by atoms with van der Waals surface area (Å²) in [5, 5.41) is 2.15. The second-order valence-corrected chi connectivity index (χ2v) is 20.1. The van der Waals surface area contributed by atoms with Crippen molar-refractivity contribution in [3.05, 3.63) is 132 Å². The molecule has 0 amide bonds. The third kappa shape index (κ3) is 8.97. The van der Waals surface area contributed by atoms with Gasteiger partial charge in [0.05, 0.1) is 25.2 Å². The Morgan fingerprint density at radius 3 is 1.52 bits per heavy atom. The highest BCUT2D eigenvalue weighted by molar-refractivity contribution is 7.99. The molecule has 0 saturated carbocycles. The normalized spacial score (nSPS) is 21.5. The molecule has 50 heavy (non-hydrogen) atoms. The van der Waals surface area contributed by atoms with Gasteiger partial charge >= 0.3 is 5.97 Å². The van der Waals surface area contributed by atoms with Crippen LogP contribution in [0, 0.1) is 5.41 Å². The smallest absolute Gasteiger partial charge is 0.311 e. The lowest BCUT2D eigenvalue weighted by Crippen LogP contribution is -2.68. The summed E-state index contributed by atoms with van der Waals surface area (Å²) >= 11 is 1.50. The molecule has 1 aliphatic heterocycles. The summed E-state index contributed by atoms with van der Waals surface area (Å²) in [5.74, 6) is -0.317. The van der Waals surface area contributed by atoms with E-state index >= 15 is 0 Å². The van der Waals surface area contributed by atoms with Gasteiger partial charge in [0.25, 0.3) is 8.32 Å². The Morgan fingerprint density at radius 2 is 1.10 bits per heavy atom. The third-order valence-electron chi connectivity index (χ3n) is 9.13. The fraction of sp³-hybridized carbons (Fsp3) is 0.405. The van der Waals surface area contributed by atoms with E-state index in [0.29, 0.717) is 13.2 Å². The van der Waals surface area contributed by atoms with Crippen LogP contribution in [0.4, 0.5) is 0 Å². The van der Waals surface area contributed by atoms with E-state index in [9.17, 15) is 4.79 Å². The average Bonchev–Trinajstić information content (AvgIpc) is 3.11. The highest BCUT2D eigenvalue weighted by Gasteiger charge is 2.54. The molecule has 4 aromatic carbocycles. The minimum atomic E-state index is -2.91. The lowest BCUT2D eigenvalue weighted by Gasteiger charge is -2.48. The van der Waals surface area contributed by atoms with E-state index in [0.717, 1.165) is 11.1 Å². The summed E-state index contributed by atoms with van der Waals surface area (Å²) < 4.78 is 34.2. The van der Waals surface area contributed by atoms with Gasteiger partial charge in [0.15, 0.2) is 6.10 Å². The van der Waals surface area contributed by atoms with Crippen molar-refractivity contribution in [2.24, 2.45) is 5.41 Å². The number of rotatable bonds is 13. The zero-order valence-electron chi connectivity index (χ0n) is 30.4. The van der Waals surface area contributed by atoms with Crippen molar-refractivity contribution < 1.29 is 28.2 Å². The Hall–Kier alpha value is -3.24. The molecular formula is C42H52O6SSi. The molecule has 5 atom stereocenters. The Labute approximate surface area is 304 Å². The van der Waals surface area contributed by atoms with Crippen LogP contribution in [0.1, 0.15) is 52.7 Å². The highest BCUT2D eigenvalue weighted by atomic mass is 32.2. The molecule has 0 aromatic heterocycles. The van der Waals surface area contributed by atoms with Gasteiger partial charge < -0.3 is 23.4 Å². The second-order valence-electron chi connectivity index (χ2n) is 14.9. The Morgan fingerprint density at radius 1 is 0.660 bits per heavy atom. The van der Waals surface area contributed by atoms with Crippen molar-refractivity contribution in [3.63, 3.8) is 0 Å². The Bertz CT molecular complexity index is 1570. The van der Waals surface area contributed by atoms with Gasteiger partial charge in [0, 0.05) is 0 Å². The van der Waals surface area contributed by atoms with Crippen LogP contribution < -0.4 is 10.4 Å². The third-order valence-corrected chi connectivity index (χ3v) is 15.0. The molecule has 1 fully saturated rings. The number of benzene rings is 4. The zero-order valence-corrected chi connectivity index (χ0v) is 32.2. The molecule has 0 bridgehead atoms. The van der Waals surface area contributed by atoms with Crippen LogP contribution in [-0.2, 0) is 41.4 Å². The number of thioether (sulfide) groups is 1. The molecule has 4 aromatic rings. The highest BCUT2D eigenvalue weighted by Crippen LogP contribution is 2.39. The van der Waals surface area contributed by atoms with E-state index in [1.54, 1.807) is 0 Å². The van der Waals surface area contributed by atoms with Crippen molar-refractivity contribution in [2.45, 2.75) is 89.6 Å². The number of ether oxygens (including phenoxy) is 4. The lowest BCUT2D eigenvalue weighted by molar-refractivity contribution is -0.248. The SMILES string of the molecule is CS[C@@H]1OC(CO[Si](c2ccccc2)(c2ccccc2)C(C)(C)C)[C@H](OCc2ccccc2)[C@@H](OCc2ccccc2)C1OC(=O)C(C)(C)C. The van der Waals surface area contributed by atoms with Gasteiger partial charge in [-0.3, -0.25) is 4.79 Å². The lowest BCUT2D eigenvalue weighted by atomic mass is 9.95. The van der Waals surface area contributed by atoms with Gasteiger partial charge in [0.1, 0.15) is 23.7 Å². The standard InChI is InChI=1S/C42H52O6SSi/c1-41(2,3)40(43)48-38-37(45-29-32-22-14-9-15-23-32)36(44-28-31-20-12-8-13-21-31)35(47-39(38)49-7)30-46-50(42(4,5)6,33-24-16-10-17-25-33)34-26-18-11-19-27-34/h8-27,35-39H,28-30H2,1-7H3/t35?,36-,37+,38?,39-/m0/s1. The van der Waals surface area contributed by atoms with E-state index in [1.165, 1.54) is 22.1 Å². The number of esters is 1. The summed E-state index contributed by atoms with van der Waals surface area (Å²) in [5.41, 5.74) is 0.821. The summed E-state index contributed by atoms with van der Waals surface area (Å²) in [4.78, 5) is 13.5. The molecular weight excluding hydrogens is 661 g/mol. The quantitative estimate of drug-likeness (QED) is 0.104. The molecule has 5 rings (SSSR count). The second kappa shape index (κ2) is 16.8. The number of carbonyl (C=O) groups excluding carboxylic acids is 1.